The van der Waals surface area contributed by atoms with Crippen molar-refractivity contribution < 1.29 is 14.3 Å². The molecule has 2 aliphatic heterocycles. The summed E-state index contributed by atoms with van der Waals surface area (Å²) in [6.45, 7) is 5.41. The van der Waals surface area contributed by atoms with Crippen LogP contribution in [0.3, 0.4) is 0 Å². The lowest BCUT2D eigenvalue weighted by Gasteiger charge is -2.26. The minimum Gasteiger partial charge on any atom is -0.486 e. The number of carbonyl (C=O) groups excluding carboxylic acids is 1. The van der Waals surface area contributed by atoms with E-state index in [1.165, 1.54) is 11.8 Å². The van der Waals surface area contributed by atoms with Crippen molar-refractivity contribution in [1.82, 2.24) is 14.9 Å². The van der Waals surface area contributed by atoms with Crippen molar-refractivity contribution >= 4 is 17.7 Å². The number of nitrogens with zero attached hydrogens (tertiary/aromatic N) is 4. The average molecular weight is 410 g/mol. The fourth-order valence-electron chi connectivity index (χ4n) is 3.81. The van der Waals surface area contributed by atoms with E-state index in [0.29, 0.717) is 35.3 Å². The average Bonchev–Trinajstić information content (AvgIpc) is 3.21. The van der Waals surface area contributed by atoms with Crippen LogP contribution in [0.25, 0.3) is 0 Å². The normalized spacial score (nSPS) is 17.8. The second kappa shape index (κ2) is 8.29. The molecule has 2 aromatic rings. The molecule has 0 saturated carbocycles. The van der Waals surface area contributed by atoms with Gasteiger partial charge in [0.1, 0.15) is 35.7 Å². The topological polar surface area (TPSA) is 88.3 Å². The van der Waals surface area contributed by atoms with Gasteiger partial charge in [0, 0.05) is 6.54 Å². The lowest BCUT2D eigenvalue weighted by atomic mass is 10.0. The summed E-state index contributed by atoms with van der Waals surface area (Å²) >= 11 is 1.31. The van der Waals surface area contributed by atoms with Crippen molar-refractivity contribution in [2.45, 2.75) is 37.8 Å². The van der Waals surface area contributed by atoms with Gasteiger partial charge in [-0.25, -0.2) is 9.97 Å². The zero-order chi connectivity index (χ0) is 20.4. The molecule has 1 atom stereocenters. The Morgan fingerprint density at radius 2 is 2.07 bits per heavy atom. The van der Waals surface area contributed by atoms with E-state index < -0.39 is 0 Å². The maximum atomic E-state index is 13.0. The van der Waals surface area contributed by atoms with Crippen LogP contribution < -0.4 is 9.47 Å². The summed E-state index contributed by atoms with van der Waals surface area (Å²) in [5, 5.41) is 9.96. The van der Waals surface area contributed by atoms with E-state index in [1.54, 1.807) is 13.8 Å². The van der Waals surface area contributed by atoms with Crippen molar-refractivity contribution in [2.75, 3.05) is 25.5 Å². The van der Waals surface area contributed by atoms with Gasteiger partial charge in [-0.15, -0.1) is 0 Å². The molecule has 3 heterocycles. The van der Waals surface area contributed by atoms with E-state index in [2.05, 4.69) is 16.0 Å². The van der Waals surface area contributed by atoms with E-state index in [9.17, 15) is 10.1 Å². The summed E-state index contributed by atoms with van der Waals surface area (Å²) in [6.07, 6.45) is 1.88. The van der Waals surface area contributed by atoms with Crippen LogP contribution in [0.5, 0.6) is 11.5 Å². The Balaban J connectivity index is 1.48. The highest BCUT2D eigenvalue weighted by atomic mass is 32.2. The van der Waals surface area contributed by atoms with Crippen molar-refractivity contribution in [3.8, 4) is 17.6 Å². The molecule has 0 aliphatic carbocycles. The highest BCUT2D eigenvalue weighted by Gasteiger charge is 2.31. The van der Waals surface area contributed by atoms with Crippen LogP contribution in [0.1, 0.15) is 41.5 Å². The Labute approximate surface area is 174 Å². The third-order valence-electron chi connectivity index (χ3n) is 5.14. The first-order chi connectivity index (χ1) is 14.1. The smallest absolute Gasteiger partial charge is 0.233 e. The lowest BCUT2D eigenvalue weighted by Crippen LogP contribution is -2.32. The number of amides is 1. The zero-order valence-electron chi connectivity index (χ0n) is 16.5. The fourth-order valence-corrected chi connectivity index (χ4v) is 4.77. The molecule has 1 aromatic carbocycles. The minimum absolute atomic E-state index is 0.0308. The monoisotopic (exact) mass is 410 g/mol. The number of thioether (sulfide) groups is 1. The Kier molecular flexibility index (Phi) is 5.58. The molecule has 0 radical (unpaired) electrons. The molecular formula is C21H22N4O3S. The van der Waals surface area contributed by atoms with Crippen LogP contribution in [-0.2, 0) is 4.79 Å². The van der Waals surface area contributed by atoms with E-state index in [-0.39, 0.29) is 17.7 Å². The first kappa shape index (κ1) is 19.5. The van der Waals surface area contributed by atoms with E-state index in [4.69, 9.17) is 9.47 Å². The lowest BCUT2D eigenvalue weighted by molar-refractivity contribution is -0.129. The number of aryl methyl sites for hydroxylation is 2. The van der Waals surface area contributed by atoms with Crippen molar-refractivity contribution in [3.63, 3.8) is 0 Å². The third kappa shape index (κ3) is 4.01. The molecule has 1 amide bonds. The molecule has 1 saturated heterocycles. The molecular weight excluding hydrogens is 388 g/mol. The largest absolute Gasteiger partial charge is 0.486 e. The molecule has 4 rings (SSSR count). The van der Waals surface area contributed by atoms with E-state index in [1.807, 2.05) is 23.1 Å². The predicted molar refractivity (Wildman–Crippen MR) is 108 cm³/mol. The first-order valence-electron chi connectivity index (χ1n) is 9.64. The fraction of sp³-hybridized carbons (Fsp3) is 0.429. The number of benzene rings is 1. The number of fused-ring (bicyclic) bond motifs is 1. The summed E-state index contributed by atoms with van der Waals surface area (Å²) in [5.41, 5.74) is 2.15. The summed E-state index contributed by atoms with van der Waals surface area (Å²) in [4.78, 5) is 23.5. The van der Waals surface area contributed by atoms with Gasteiger partial charge in [-0.2, -0.15) is 5.26 Å². The molecule has 1 fully saturated rings. The number of rotatable bonds is 4. The van der Waals surface area contributed by atoms with Gasteiger partial charge in [0.2, 0.25) is 5.91 Å². The molecule has 0 bridgehead atoms. The van der Waals surface area contributed by atoms with Crippen LogP contribution in [0.2, 0.25) is 0 Å². The molecule has 150 valence electrons. The Hall–Kier alpha value is -2.79. The van der Waals surface area contributed by atoms with Gasteiger partial charge >= 0.3 is 0 Å². The molecule has 8 heteroatoms. The number of carbonyl (C=O) groups is 1. The van der Waals surface area contributed by atoms with Crippen LogP contribution >= 0.6 is 11.8 Å². The second-order valence-corrected chi connectivity index (χ2v) is 8.05. The van der Waals surface area contributed by atoms with Crippen LogP contribution in [0.15, 0.2) is 23.2 Å². The second-order valence-electron chi connectivity index (χ2n) is 7.09. The predicted octanol–water partition coefficient (Wildman–Crippen LogP) is 3.19. The van der Waals surface area contributed by atoms with Crippen molar-refractivity contribution in [1.29, 1.82) is 5.26 Å². The Bertz CT molecular complexity index is 989. The third-order valence-corrected chi connectivity index (χ3v) is 6.10. The standard InChI is InChI=1S/C21H22N4O3S/c1-13-16(11-22)21(24-14(2)23-13)29-12-20(26)25-7-3-4-17(25)15-5-6-18-19(10-15)28-9-8-27-18/h5-6,10,17H,3-4,7-9,12H2,1-2H3. The molecule has 1 unspecified atom stereocenters. The van der Waals surface area contributed by atoms with Gasteiger partial charge in [0.25, 0.3) is 0 Å². The van der Waals surface area contributed by atoms with E-state index in [0.717, 1.165) is 36.4 Å². The molecule has 7 nitrogen and oxygen atoms in total. The minimum atomic E-state index is 0.0308. The van der Waals surface area contributed by atoms with Crippen molar-refractivity contribution in [3.05, 3.63) is 40.8 Å². The summed E-state index contributed by atoms with van der Waals surface area (Å²) in [6, 6.07) is 8.11. The number of nitriles is 1. The van der Waals surface area contributed by atoms with Gasteiger partial charge in [0.05, 0.1) is 17.5 Å². The van der Waals surface area contributed by atoms with Crippen LogP contribution in [0, 0.1) is 25.2 Å². The molecule has 1 aromatic heterocycles. The van der Waals surface area contributed by atoms with Crippen molar-refractivity contribution in [2.24, 2.45) is 0 Å². The number of likely N-dealkylation sites (tertiary alicyclic amines) is 1. The SMILES string of the molecule is Cc1nc(C)c(C#N)c(SCC(=O)N2CCCC2c2ccc3c(c2)OCCO3)n1. The van der Waals surface area contributed by atoms with Crippen LogP contribution in [0.4, 0.5) is 0 Å². The Morgan fingerprint density at radius 3 is 2.86 bits per heavy atom. The maximum Gasteiger partial charge on any atom is 0.233 e. The summed E-state index contributed by atoms with van der Waals surface area (Å²) < 4.78 is 11.3. The Morgan fingerprint density at radius 1 is 1.28 bits per heavy atom. The highest BCUT2D eigenvalue weighted by molar-refractivity contribution is 8.00. The zero-order valence-corrected chi connectivity index (χ0v) is 17.3. The van der Waals surface area contributed by atoms with Gasteiger partial charge in [-0.1, -0.05) is 17.8 Å². The first-order valence-corrected chi connectivity index (χ1v) is 10.6. The quantitative estimate of drug-likeness (QED) is 0.565. The molecule has 29 heavy (non-hydrogen) atoms. The summed E-state index contributed by atoms with van der Waals surface area (Å²) in [7, 11) is 0. The van der Waals surface area contributed by atoms with Crippen LogP contribution in [-0.4, -0.2) is 46.3 Å². The van der Waals surface area contributed by atoms with Gasteiger partial charge in [0.15, 0.2) is 11.5 Å². The van der Waals surface area contributed by atoms with Gasteiger partial charge in [-0.05, 0) is 44.4 Å². The molecule has 0 N–H and O–H groups in total. The highest BCUT2D eigenvalue weighted by Crippen LogP contribution is 2.38. The number of aromatic nitrogens is 2. The maximum absolute atomic E-state index is 13.0. The van der Waals surface area contributed by atoms with E-state index >= 15 is 0 Å². The molecule has 0 spiro atoms. The summed E-state index contributed by atoms with van der Waals surface area (Å²) in [5.74, 6) is 2.39. The number of ether oxygens (including phenoxy) is 2. The number of hydrogen-bond acceptors (Lipinski definition) is 7. The van der Waals surface area contributed by atoms with Gasteiger partial charge < -0.3 is 14.4 Å². The molecule has 2 aliphatic rings. The number of hydrogen-bond donors (Lipinski definition) is 0. The van der Waals surface area contributed by atoms with Gasteiger partial charge in [-0.3, -0.25) is 4.79 Å².